The molecule has 2 aliphatic rings. The Kier molecular flexibility index (Phi) is 7.33. The highest BCUT2D eigenvalue weighted by Crippen LogP contribution is 2.47. The molecule has 0 atom stereocenters. The van der Waals surface area contributed by atoms with Gasteiger partial charge >= 0.3 is 0 Å². The van der Waals surface area contributed by atoms with E-state index in [4.69, 9.17) is 4.74 Å². The standard InChI is InChI=1S/C45H50BNO/c1-42(2,3)29-17-20-31(21-18-29)47-38-25-19-30(43(4,5)6)27-37(38)46-36-28-33(48-32-15-13-12-14-16-32)22-23-34(36)45(10,11)40-35(44(7,8)9)24-26-39(47)41(40)46/h12-28H,1-11H3. The van der Waals surface area contributed by atoms with Gasteiger partial charge in [0.1, 0.15) is 11.5 Å². The number of rotatable bonds is 3. The maximum atomic E-state index is 6.50. The van der Waals surface area contributed by atoms with E-state index in [1.807, 2.05) is 30.3 Å². The number of benzene rings is 5. The van der Waals surface area contributed by atoms with Gasteiger partial charge in [-0.1, -0.05) is 136 Å². The first kappa shape index (κ1) is 32.3. The average Bonchev–Trinajstić information content (AvgIpc) is 3.01. The summed E-state index contributed by atoms with van der Waals surface area (Å²) in [4.78, 5) is 2.53. The van der Waals surface area contributed by atoms with Crippen LogP contribution in [0.15, 0.2) is 103 Å². The zero-order chi connectivity index (χ0) is 34.4. The Balaban J connectivity index is 1.55. The van der Waals surface area contributed by atoms with Crippen molar-refractivity contribution in [3.8, 4) is 11.5 Å². The summed E-state index contributed by atoms with van der Waals surface area (Å²) in [5.74, 6) is 1.73. The summed E-state index contributed by atoms with van der Waals surface area (Å²) in [5.41, 5.74) is 14.7. The molecule has 0 saturated carbocycles. The third kappa shape index (κ3) is 5.27. The quantitative estimate of drug-likeness (QED) is 0.180. The third-order valence-electron chi connectivity index (χ3n) is 10.6. The number of fused-ring (bicyclic) bond motifs is 4. The molecule has 5 aromatic rings. The fourth-order valence-electron chi connectivity index (χ4n) is 8.02. The highest BCUT2D eigenvalue weighted by Gasteiger charge is 2.48. The Morgan fingerprint density at radius 3 is 1.81 bits per heavy atom. The molecule has 0 saturated heterocycles. The maximum absolute atomic E-state index is 6.50. The topological polar surface area (TPSA) is 12.5 Å². The summed E-state index contributed by atoms with van der Waals surface area (Å²) in [5, 5.41) is 0. The van der Waals surface area contributed by atoms with Gasteiger partial charge in [0, 0.05) is 22.5 Å². The van der Waals surface area contributed by atoms with Gasteiger partial charge in [0.05, 0.1) is 0 Å². The van der Waals surface area contributed by atoms with Gasteiger partial charge in [0.15, 0.2) is 0 Å². The first-order valence-electron chi connectivity index (χ1n) is 17.6. The molecule has 0 fully saturated rings. The monoisotopic (exact) mass is 631 g/mol. The van der Waals surface area contributed by atoms with E-state index in [1.165, 1.54) is 61.3 Å². The molecule has 0 radical (unpaired) electrons. The molecule has 0 aliphatic carbocycles. The van der Waals surface area contributed by atoms with Crippen molar-refractivity contribution in [2.24, 2.45) is 0 Å². The van der Waals surface area contributed by atoms with Crippen LogP contribution >= 0.6 is 0 Å². The lowest BCUT2D eigenvalue weighted by molar-refractivity contribution is 0.482. The van der Waals surface area contributed by atoms with Gasteiger partial charge in [0.25, 0.3) is 0 Å². The lowest BCUT2D eigenvalue weighted by Crippen LogP contribution is -2.64. The molecule has 2 nitrogen and oxygen atoms in total. The highest BCUT2D eigenvalue weighted by molar-refractivity contribution is 6.99. The number of ether oxygens (including phenoxy) is 1. The van der Waals surface area contributed by atoms with E-state index in [2.05, 4.69) is 154 Å². The van der Waals surface area contributed by atoms with Crippen LogP contribution in [0.4, 0.5) is 17.1 Å². The predicted octanol–water partition coefficient (Wildman–Crippen LogP) is 10.3. The molecular formula is C45H50BNO. The van der Waals surface area contributed by atoms with Crippen LogP contribution in [-0.2, 0) is 21.7 Å². The predicted molar refractivity (Wildman–Crippen MR) is 207 cm³/mol. The zero-order valence-electron chi connectivity index (χ0n) is 30.7. The van der Waals surface area contributed by atoms with E-state index in [9.17, 15) is 0 Å². The van der Waals surface area contributed by atoms with E-state index in [0.29, 0.717) is 0 Å². The van der Waals surface area contributed by atoms with Crippen molar-refractivity contribution in [3.05, 3.63) is 131 Å². The number of nitrogens with zero attached hydrogens (tertiary/aromatic N) is 1. The van der Waals surface area contributed by atoms with Crippen molar-refractivity contribution in [1.82, 2.24) is 0 Å². The van der Waals surface area contributed by atoms with Gasteiger partial charge in [-0.15, -0.1) is 0 Å². The Morgan fingerprint density at radius 2 is 1.19 bits per heavy atom. The minimum absolute atomic E-state index is 0.0135. The van der Waals surface area contributed by atoms with Crippen LogP contribution < -0.4 is 26.0 Å². The van der Waals surface area contributed by atoms with Crippen LogP contribution in [0.25, 0.3) is 0 Å². The van der Waals surface area contributed by atoms with Crippen molar-refractivity contribution in [1.29, 1.82) is 0 Å². The van der Waals surface area contributed by atoms with Crippen LogP contribution in [-0.4, -0.2) is 6.71 Å². The van der Waals surface area contributed by atoms with Crippen molar-refractivity contribution >= 4 is 40.2 Å². The van der Waals surface area contributed by atoms with Gasteiger partial charge in [0.2, 0.25) is 6.71 Å². The molecule has 7 rings (SSSR count). The molecule has 0 spiro atoms. The molecule has 0 aromatic heterocycles. The SMILES string of the molecule is CC(C)(C)c1ccc(N2c3ccc(C(C)(C)C)cc3B3c4cc(Oc5ccccc5)ccc4C(C)(C)c4c(C(C)(C)C)ccc2c43)cc1. The molecule has 5 aromatic carbocycles. The maximum Gasteiger partial charge on any atom is 0.247 e. The van der Waals surface area contributed by atoms with E-state index in [-0.39, 0.29) is 28.4 Å². The molecule has 244 valence electrons. The van der Waals surface area contributed by atoms with E-state index >= 15 is 0 Å². The number of hydrogen-bond donors (Lipinski definition) is 0. The second-order valence-corrected chi connectivity index (χ2v) is 17.5. The summed E-state index contributed by atoms with van der Waals surface area (Å²) in [6, 6.07) is 38.3. The van der Waals surface area contributed by atoms with Crippen LogP contribution in [0.3, 0.4) is 0 Å². The first-order chi connectivity index (χ1) is 22.5. The van der Waals surface area contributed by atoms with Crippen LogP contribution in [0.1, 0.15) is 104 Å². The van der Waals surface area contributed by atoms with E-state index in [1.54, 1.807) is 0 Å². The van der Waals surface area contributed by atoms with E-state index < -0.39 is 0 Å². The lowest BCUT2D eigenvalue weighted by Gasteiger charge is -2.48. The normalized spacial score (nSPS) is 15.1. The van der Waals surface area contributed by atoms with Gasteiger partial charge in [-0.3, -0.25) is 0 Å². The lowest BCUT2D eigenvalue weighted by atomic mass is 9.29. The average molecular weight is 632 g/mol. The molecule has 3 heteroatoms. The minimum Gasteiger partial charge on any atom is -0.457 e. The summed E-state index contributed by atoms with van der Waals surface area (Å²) >= 11 is 0. The fourth-order valence-corrected chi connectivity index (χ4v) is 8.02. The van der Waals surface area contributed by atoms with Gasteiger partial charge in [-0.05, 0) is 104 Å². The Morgan fingerprint density at radius 1 is 0.562 bits per heavy atom. The smallest absolute Gasteiger partial charge is 0.247 e. The molecule has 0 amide bonds. The number of anilines is 3. The number of para-hydroxylation sites is 1. The Bertz CT molecular complexity index is 2020. The van der Waals surface area contributed by atoms with Crippen molar-refractivity contribution in [2.75, 3.05) is 4.90 Å². The van der Waals surface area contributed by atoms with Crippen molar-refractivity contribution < 1.29 is 4.74 Å². The van der Waals surface area contributed by atoms with Gasteiger partial charge in [-0.2, -0.15) is 0 Å². The summed E-state index contributed by atoms with van der Waals surface area (Å²) < 4.78 is 6.50. The van der Waals surface area contributed by atoms with Crippen LogP contribution in [0, 0.1) is 0 Å². The molecule has 2 heterocycles. The van der Waals surface area contributed by atoms with Gasteiger partial charge in [-0.25, -0.2) is 0 Å². The molecule has 0 unspecified atom stereocenters. The minimum atomic E-state index is -0.216. The van der Waals surface area contributed by atoms with Crippen molar-refractivity contribution in [3.63, 3.8) is 0 Å². The highest BCUT2D eigenvalue weighted by atomic mass is 16.5. The fraction of sp³-hybridized carbons (Fsp3) is 0.333. The third-order valence-corrected chi connectivity index (χ3v) is 10.6. The molecule has 2 aliphatic heterocycles. The second-order valence-electron chi connectivity index (χ2n) is 17.5. The molecule has 0 bridgehead atoms. The zero-order valence-corrected chi connectivity index (χ0v) is 30.7. The Hall–Kier alpha value is -4.24. The largest absolute Gasteiger partial charge is 0.457 e. The summed E-state index contributed by atoms with van der Waals surface area (Å²) in [6.07, 6.45) is 0. The number of hydrogen-bond acceptors (Lipinski definition) is 2. The first-order valence-corrected chi connectivity index (χ1v) is 17.6. The second kappa shape index (κ2) is 10.9. The van der Waals surface area contributed by atoms with Crippen molar-refractivity contribution in [2.45, 2.75) is 97.8 Å². The molecular weight excluding hydrogens is 581 g/mol. The summed E-state index contributed by atoms with van der Waals surface area (Å²) in [6.45, 7) is 25.8. The van der Waals surface area contributed by atoms with Crippen LogP contribution in [0.5, 0.6) is 11.5 Å². The summed E-state index contributed by atoms with van der Waals surface area (Å²) in [7, 11) is 0. The van der Waals surface area contributed by atoms with Gasteiger partial charge < -0.3 is 9.64 Å². The van der Waals surface area contributed by atoms with E-state index in [0.717, 1.165) is 11.5 Å². The van der Waals surface area contributed by atoms with Crippen LogP contribution in [0.2, 0.25) is 0 Å². The molecule has 0 N–H and O–H groups in total. The molecule has 48 heavy (non-hydrogen) atoms. The Labute approximate surface area is 289 Å².